The highest BCUT2D eigenvalue weighted by Crippen LogP contribution is 2.36. The quantitative estimate of drug-likeness (QED) is 0.220. The zero-order chi connectivity index (χ0) is 28.8. The second-order valence-corrected chi connectivity index (χ2v) is 10.4. The Labute approximate surface area is 239 Å². The van der Waals surface area contributed by atoms with Gasteiger partial charge in [0.2, 0.25) is 0 Å². The first kappa shape index (κ1) is 26.1. The van der Waals surface area contributed by atoms with Crippen molar-refractivity contribution in [2.45, 2.75) is 31.1 Å². The lowest BCUT2D eigenvalue weighted by atomic mass is 9.92. The summed E-state index contributed by atoms with van der Waals surface area (Å²) in [5.74, 6) is 6.62. The van der Waals surface area contributed by atoms with Crippen LogP contribution in [0.3, 0.4) is 0 Å². The minimum absolute atomic E-state index is 0.126. The molecular weight excluding hydrogens is 532 g/mol. The summed E-state index contributed by atoms with van der Waals surface area (Å²) in [7, 11) is 0. The first-order valence-electron chi connectivity index (χ1n) is 13.6. The number of nitrogens with zero attached hydrogens (tertiary/aromatic N) is 1. The monoisotopic (exact) mass is 558 g/mol. The van der Waals surface area contributed by atoms with Gasteiger partial charge in [0.15, 0.2) is 6.23 Å². The molecule has 8 heteroatoms. The third-order valence-electron chi connectivity index (χ3n) is 7.88. The number of aliphatic hydroxyl groups excluding tert-OH is 2. The van der Waals surface area contributed by atoms with Gasteiger partial charge in [-0.1, -0.05) is 72.5 Å². The van der Waals surface area contributed by atoms with Crippen LogP contribution in [0.4, 0.5) is 0 Å². The van der Waals surface area contributed by atoms with Gasteiger partial charge in [-0.05, 0) is 56.1 Å². The van der Waals surface area contributed by atoms with E-state index in [0.717, 1.165) is 26.6 Å². The fourth-order valence-corrected chi connectivity index (χ4v) is 5.76. The Bertz CT molecular complexity index is 2090. The zero-order valence-electron chi connectivity index (χ0n) is 22.4. The highest BCUT2D eigenvalue weighted by atomic mass is 16.6. The van der Waals surface area contributed by atoms with E-state index < -0.39 is 42.4 Å². The van der Waals surface area contributed by atoms with Gasteiger partial charge in [-0.3, -0.25) is 14.3 Å². The largest absolute Gasteiger partial charge is 0.394 e. The molecule has 4 atom stereocenters. The molecule has 1 aliphatic rings. The van der Waals surface area contributed by atoms with Crippen molar-refractivity contribution in [2.75, 3.05) is 6.61 Å². The van der Waals surface area contributed by atoms with Gasteiger partial charge in [0.05, 0.1) is 13.2 Å². The molecule has 0 bridgehead atoms. The molecule has 0 radical (unpaired) electrons. The van der Waals surface area contributed by atoms with E-state index >= 15 is 0 Å². The first-order chi connectivity index (χ1) is 20.5. The summed E-state index contributed by atoms with van der Waals surface area (Å²) >= 11 is 0. The second-order valence-electron chi connectivity index (χ2n) is 10.4. The van der Waals surface area contributed by atoms with Crippen LogP contribution in [-0.2, 0) is 16.1 Å². The van der Waals surface area contributed by atoms with Crippen molar-refractivity contribution < 1.29 is 19.7 Å². The van der Waals surface area contributed by atoms with E-state index in [1.807, 2.05) is 24.3 Å². The lowest BCUT2D eigenvalue weighted by molar-refractivity contribution is -0.0797. The molecule has 3 N–H and O–H groups in total. The number of hydrogen-bond donors (Lipinski definition) is 3. The van der Waals surface area contributed by atoms with Crippen molar-refractivity contribution in [3.63, 3.8) is 0 Å². The van der Waals surface area contributed by atoms with Gasteiger partial charge in [0, 0.05) is 23.4 Å². The Morgan fingerprint density at radius 2 is 1.57 bits per heavy atom. The van der Waals surface area contributed by atoms with E-state index in [2.05, 4.69) is 71.4 Å². The molecule has 0 spiro atoms. The molecule has 0 unspecified atom stereocenters. The van der Waals surface area contributed by atoms with Crippen molar-refractivity contribution in [1.82, 2.24) is 9.55 Å². The lowest BCUT2D eigenvalue weighted by Crippen LogP contribution is -2.39. The minimum Gasteiger partial charge on any atom is -0.394 e. The summed E-state index contributed by atoms with van der Waals surface area (Å²) in [5.41, 5.74) is 1.39. The normalized spacial score (nSPS) is 20.3. The predicted octanol–water partition coefficient (Wildman–Crippen LogP) is 3.67. The molecule has 42 heavy (non-hydrogen) atoms. The van der Waals surface area contributed by atoms with Crippen LogP contribution in [0.15, 0.2) is 101 Å². The maximum absolute atomic E-state index is 12.3. The molecule has 0 amide bonds. The number of nitrogens with one attached hydrogen (secondary N) is 1. The molecule has 208 valence electrons. The van der Waals surface area contributed by atoms with Gasteiger partial charge in [-0.15, -0.1) is 0 Å². The standard InChI is InChI=1S/C34H26N2O6/c37-18-27-31(39)32(33(42-27)36-17-16-28(38)35-34(36)40)41-19-21-6-4-20(5-7-21)8-9-22-10-11-25-13-12-23-2-1-3-24-14-15-26(22)30(25)29(23)24/h1-7,10-17,27,31-33,37,39H,18-19H2,(H,35,38,40)/t27-,31-,32-,33-/m1/s1. The molecule has 1 aliphatic heterocycles. The molecule has 0 saturated carbocycles. The summed E-state index contributed by atoms with van der Waals surface area (Å²) in [4.78, 5) is 26.0. The van der Waals surface area contributed by atoms with Crippen LogP contribution >= 0.6 is 0 Å². The number of aromatic nitrogens is 2. The highest BCUT2D eigenvalue weighted by molar-refractivity contribution is 6.23. The van der Waals surface area contributed by atoms with Gasteiger partial charge in [-0.25, -0.2) is 4.79 Å². The van der Waals surface area contributed by atoms with Crippen molar-refractivity contribution in [2.24, 2.45) is 0 Å². The SMILES string of the molecule is O=c1ccn([C@@H]2O[C@H](CO)[C@@H](O)[C@H]2OCc2ccc(C#Cc3ccc4ccc5cccc6ccc3c4c56)cc2)c(=O)[nH]1. The maximum Gasteiger partial charge on any atom is 0.330 e. The Kier molecular flexibility index (Phi) is 6.57. The van der Waals surface area contributed by atoms with Gasteiger partial charge in [0.1, 0.15) is 18.3 Å². The smallest absolute Gasteiger partial charge is 0.330 e. The van der Waals surface area contributed by atoms with Crippen LogP contribution in [0.1, 0.15) is 22.9 Å². The number of aromatic amines is 1. The fourth-order valence-electron chi connectivity index (χ4n) is 5.76. The van der Waals surface area contributed by atoms with E-state index in [0.29, 0.717) is 0 Å². The van der Waals surface area contributed by atoms with Gasteiger partial charge in [-0.2, -0.15) is 0 Å². The number of aliphatic hydroxyl groups is 2. The summed E-state index contributed by atoms with van der Waals surface area (Å²) in [6.45, 7) is -0.324. The van der Waals surface area contributed by atoms with Crippen molar-refractivity contribution in [3.8, 4) is 11.8 Å². The van der Waals surface area contributed by atoms with Crippen molar-refractivity contribution in [3.05, 3.63) is 129 Å². The topological polar surface area (TPSA) is 114 Å². The molecular formula is C34H26N2O6. The summed E-state index contributed by atoms with van der Waals surface area (Å²) in [6, 6.07) is 27.9. The van der Waals surface area contributed by atoms with E-state index in [4.69, 9.17) is 9.47 Å². The molecule has 1 saturated heterocycles. The summed E-state index contributed by atoms with van der Waals surface area (Å²) in [6.07, 6.45) is -2.79. The third kappa shape index (κ3) is 4.55. The van der Waals surface area contributed by atoms with Crippen LogP contribution < -0.4 is 11.2 Å². The third-order valence-corrected chi connectivity index (χ3v) is 7.88. The fraction of sp³-hybridized carbons (Fsp3) is 0.176. The molecule has 8 nitrogen and oxygen atoms in total. The summed E-state index contributed by atoms with van der Waals surface area (Å²) in [5, 5.41) is 27.5. The number of H-pyrrole nitrogens is 1. The van der Waals surface area contributed by atoms with E-state index in [1.165, 1.54) is 39.2 Å². The Morgan fingerprint density at radius 1 is 0.857 bits per heavy atom. The van der Waals surface area contributed by atoms with E-state index in [-0.39, 0.29) is 6.61 Å². The average Bonchev–Trinajstić information content (AvgIpc) is 3.33. The molecule has 2 heterocycles. The van der Waals surface area contributed by atoms with Gasteiger partial charge in [0.25, 0.3) is 5.56 Å². The lowest BCUT2D eigenvalue weighted by Gasteiger charge is -2.22. The number of ether oxygens (including phenoxy) is 2. The summed E-state index contributed by atoms with van der Waals surface area (Å²) < 4.78 is 12.8. The van der Waals surface area contributed by atoms with Crippen molar-refractivity contribution >= 4 is 32.3 Å². The van der Waals surface area contributed by atoms with Crippen LogP contribution in [0.5, 0.6) is 0 Å². The molecule has 1 fully saturated rings. The number of benzene rings is 5. The Balaban J connectivity index is 1.11. The Morgan fingerprint density at radius 3 is 2.31 bits per heavy atom. The van der Waals surface area contributed by atoms with E-state index in [9.17, 15) is 19.8 Å². The van der Waals surface area contributed by atoms with Crippen LogP contribution in [0.2, 0.25) is 0 Å². The molecule has 1 aromatic heterocycles. The van der Waals surface area contributed by atoms with Crippen LogP contribution in [-0.4, -0.2) is 44.7 Å². The number of hydrogen-bond acceptors (Lipinski definition) is 6. The van der Waals surface area contributed by atoms with Crippen LogP contribution in [0, 0.1) is 11.8 Å². The molecule has 5 aromatic carbocycles. The molecule has 0 aliphatic carbocycles. The van der Waals surface area contributed by atoms with Gasteiger partial charge >= 0.3 is 5.69 Å². The van der Waals surface area contributed by atoms with Crippen LogP contribution in [0.25, 0.3) is 32.3 Å². The minimum atomic E-state index is -1.17. The predicted molar refractivity (Wildman–Crippen MR) is 159 cm³/mol. The molecule has 7 rings (SSSR count). The second kappa shape index (κ2) is 10.6. The number of rotatable bonds is 5. The molecule has 6 aromatic rings. The Hall–Kier alpha value is -4.78. The average molecular weight is 559 g/mol. The maximum atomic E-state index is 12.3. The van der Waals surface area contributed by atoms with Crippen molar-refractivity contribution in [1.29, 1.82) is 0 Å². The van der Waals surface area contributed by atoms with E-state index in [1.54, 1.807) is 0 Å². The highest BCUT2D eigenvalue weighted by Gasteiger charge is 2.45. The zero-order valence-corrected chi connectivity index (χ0v) is 22.4. The first-order valence-corrected chi connectivity index (χ1v) is 13.6. The van der Waals surface area contributed by atoms with Gasteiger partial charge < -0.3 is 19.7 Å².